The van der Waals surface area contributed by atoms with Crippen molar-refractivity contribution in [3.8, 4) is 5.19 Å². The largest absolute Gasteiger partial charge is 0.469 e. The fourth-order valence-electron chi connectivity index (χ4n) is 2.46. The Bertz CT molecular complexity index is 643. The monoisotopic (exact) mass is 319 g/mol. The van der Waals surface area contributed by atoms with Gasteiger partial charge in [0, 0.05) is 25.2 Å². The van der Waals surface area contributed by atoms with Gasteiger partial charge in [-0.1, -0.05) is 25.2 Å². The molecule has 6 nitrogen and oxygen atoms in total. The summed E-state index contributed by atoms with van der Waals surface area (Å²) in [6.45, 7) is 9.47. The zero-order chi connectivity index (χ0) is 15.5. The van der Waals surface area contributed by atoms with Crippen LogP contribution >= 0.6 is 11.3 Å². The van der Waals surface area contributed by atoms with Crippen molar-refractivity contribution >= 4 is 11.3 Å². The van der Waals surface area contributed by atoms with Crippen LogP contribution in [0.15, 0.2) is 6.20 Å². The predicted octanol–water partition coefficient (Wildman–Crippen LogP) is 2.41. The van der Waals surface area contributed by atoms with E-state index in [1.54, 1.807) is 0 Å². The van der Waals surface area contributed by atoms with E-state index in [1.807, 2.05) is 13.1 Å². The molecule has 0 saturated heterocycles. The SMILES string of the molecule is CCOc1nnc(CN2CCc3cnc(C(C)C)nc3C2)s1. The van der Waals surface area contributed by atoms with Gasteiger partial charge in [0.25, 0.3) is 5.19 Å². The van der Waals surface area contributed by atoms with Crippen molar-refractivity contribution in [1.82, 2.24) is 25.1 Å². The second-order valence-electron chi connectivity index (χ2n) is 5.71. The highest BCUT2D eigenvalue weighted by molar-refractivity contribution is 7.13. The zero-order valence-corrected chi connectivity index (χ0v) is 14.1. The summed E-state index contributed by atoms with van der Waals surface area (Å²) in [5, 5.41) is 9.89. The molecule has 0 atom stereocenters. The van der Waals surface area contributed by atoms with Crippen molar-refractivity contribution < 1.29 is 4.74 Å². The zero-order valence-electron chi connectivity index (χ0n) is 13.2. The van der Waals surface area contributed by atoms with Crippen LogP contribution in [-0.2, 0) is 19.5 Å². The summed E-state index contributed by atoms with van der Waals surface area (Å²) in [6.07, 6.45) is 2.98. The van der Waals surface area contributed by atoms with E-state index >= 15 is 0 Å². The molecule has 7 heteroatoms. The lowest BCUT2D eigenvalue weighted by atomic mass is 10.1. The van der Waals surface area contributed by atoms with Crippen LogP contribution in [0.5, 0.6) is 5.19 Å². The third-order valence-electron chi connectivity index (χ3n) is 3.63. The Balaban J connectivity index is 1.68. The number of ether oxygens (including phenoxy) is 1. The first-order valence-electron chi connectivity index (χ1n) is 7.68. The van der Waals surface area contributed by atoms with Crippen LogP contribution in [0.1, 0.15) is 48.8 Å². The standard InChI is InChI=1S/C15H21N5OS/c1-4-21-15-19-18-13(22-15)9-20-6-5-11-7-16-14(10(2)3)17-12(11)8-20/h7,10H,4-6,8-9H2,1-3H3. The van der Waals surface area contributed by atoms with E-state index < -0.39 is 0 Å². The first-order chi connectivity index (χ1) is 10.7. The van der Waals surface area contributed by atoms with E-state index in [2.05, 4.69) is 33.9 Å². The third-order valence-corrected chi connectivity index (χ3v) is 4.46. The number of rotatable bonds is 5. The molecule has 0 bridgehead atoms. The molecule has 3 heterocycles. The highest BCUT2D eigenvalue weighted by Gasteiger charge is 2.20. The number of fused-ring (bicyclic) bond motifs is 1. The summed E-state index contributed by atoms with van der Waals surface area (Å²) >= 11 is 1.52. The normalized spacial score (nSPS) is 15.1. The van der Waals surface area contributed by atoms with Crippen molar-refractivity contribution in [3.05, 3.63) is 28.3 Å². The van der Waals surface area contributed by atoms with Crippen LogP contribution in [0.2, 0.25) is 0 Å². The van der Waals surface area contributed by atoms with Crippen molar-refractivity contribution in [1.29, 1.82) is 0 Å². The molecule has 0 unspecified atom stereocenters. The van der Waals surface area contributed by atoms with E-state index in [9.17, 15) is 0 Å². The molecular weight excluding hydrogens is 298 g/mol. The summed E-state index contributed by atoms with van der Waals surface area (Å²) < 4.78 is 5.38. The summed E-state index contributed by atoms with van der Waals surface area (Å²) in [5.41, 5.74) is 2.42. The maximum atomic E-state index is 5.38. The molecule has 0 radical (unpaired) electrons. The molecule has 0 aromatic carbocycles. The maximum absolute atomic E-state index is 5.38. The molecule has 2 aromatic heterocycles. The molecule has 1 aliphatic rings. The van der Waals surface area contributed by atoms with Gasteiger partial charge >= 0.3 is 0 Å². The highest BCUT2D eigenvalue weighted by Crippen LogP contribution is 2.23. The molecule has 22 heavy (non-hydrogen) atoms. The van der Waals surface area contributed by atoms with Gasteiger partial charge in [-0.15, -0.1) is 10.2 Å². The molecule has 0 aliphatic carbocycles. The van der Waals surface area contributed by atoms with Crippen molar-refractivity contribution in [3.63, 3.8) is 0 Å². The molecule has 3 rings (SSSR count). The molecule has 2 aromatic rings. The van der Waals surface area contributed by atoms with Crippen molar-refractivity contribution in [2.45, 2.75) is 46.2 Å². The summed E-state index contributed by atoms with van der Waals surface area (Å²) in [6, 6.07) is 0. The Morgan fingerprint density at radius 2 is 2.23 bits per heavy atom. The smallest absolute Gasteiger partial charge is 0.294 e. The van der Waals surface area contributed by atoms with E-state index in [0.29, 0.717) is 17.7 Å². The van der Waals surface area contributed by atoms with Gasteiger partial charge < -0.3 is 4.74 Å². The fraction of sp³-hybridized carbons (Fsp3) is 0.600. The van der Waals surface area contributed by atoms with E-state index in [0.717, 1.165) is 42.6 Å². The third kappa shape index (κ3) is 3.41. The minimum Gasteiger partial charge on any atom is -0.469 e. The van der Waals surface area contributed by atoms with Gasteiger partial charge in [-0.05, 0) is 18.9 Å². The number of hydrogen-bond acceptors (Lipinski definition) is 7. The van der Waals surface area contributed by atoms with Crippen LogP contribution in [0.3, 0.4) is 0 Å². The lowest BCUT2D eigenvalue weighted by molar-refractivity contribution is 0.239. The van der Waals surface area contributed by atoms with Crippen molar-refractivity contribution in [2.24, 2.45) is 0 Å². The molecular formula is C15H21N5OS. The van der Waals surface area contributed by atoms with E-state index in [-0.39, 0.29) is 0 Å². The number of nitrogens with zero attached hydrogens (tertiary/aromatic N) is 5. The Morgan fingerprint density at radius 1 is 1.36 bits per heavy atom. The van der Waals surface area contributed by atoms with Crippen LogP contribution in [0, 0.1) is 0 Å². The van der Waals surface area contributed by atoms with Crippen LogP contribution in [-0.4, -0.2) is 38.2 Å². The molecule has 0 fully saturated rings. The molecule has 0 spiro atoms. The minimum absolute atomic E-state index is 0.359. The molecule has 118 valence electrons. The lowest BCUT2D eigenvalue weighted by Gasteiger charge is -2.27. The van der Waals surface area contributed by atoms with E-state index in [4.69, 9.17) is 9.72 Å². The number of aromatic nitrogens is 4. The van der Waals surface area contributed by atoms with Gasteiger partial charge in [-0.3, -0.25) is 4.90 Å². The molecule has 0 saturated carbocycles. The second-order valence-corrected chi connectivity index (χ2v) is 6.73. The fourth-order valence-corrected chi connectivity index (χ4v) is 3.25. The first-order valence-corrected chi connectivity index (χ1v) is 8.49. The van der Waals surface area contributed by atoms with Gasteiger partial charge in [0.1, 0.15) is 10.8 Å². The molecule has 0 N–H and O–H groups in total. The number of hydrogen-bond donors (Lipinski definition) is 0. The molecule has 1 aliphatic heterocycles. The summed E-state index contributed by atoms with van der Waals surface area (Å²) in [7, 11) is 0. The Hall–Kier alpha value is -1.60. The van der Waals surface area contributed by atoms with Crippen LogP contribution in [0.25, 0.3) is 0 Å². The molecule has 0 amide bonds. The quantitative estimate of drug-likeness (QED) is 0.843. The van der Waals surface area contributed by atoms with Gasteiger partial charge in [0.15, 0.2) is 0 Å². The van der Waals surface area contributed by atoms with Crippen LogP contribution in [0.4, 0.5) is 0 Å². The maximum Gasteiger partial charge on any atom is 0.294 e. The first kappa shape index (κ1) is 15.3. The van der Waals surface area contributed by atoms with Crippen LogP contribution < -0.4 is 4.74 Å². The topological polar surface area (TPSA) is 64.0 Å². The van der Waals surface area contributed by atoms with Gasteiger partial charge in [-0.25, -0.2) is 9.97 Å². The van der Waals surface area contributed by atoms with Gasteiger partial charge in [0.05, 0.1) is 18.8 Å². The van der Waals surface area contributed by atoms with Gasteiger partial charge in [0.2, 0.25) is 0 Å². The average molecular weight is 319 g/mol. The Morgan fingerprint density at radius 3 is 3.00 bits per heavy atom. The highest BCUT2D eigenvalue weighted by atomic mass is 32.1. The summed E-state index contributed by atoms with van der Waals surface area (Å²) in [4.78, 5) is 11.5. The minimum atomic E-state index is 0.359. The average Bonchev–Trinajstić information content (AvgIpc) is 2.94. The lowest BCUT2D eigenvalue weighted by Crippen LogP contribution is -2.31. The second kappa shape index (κ2) is 6.66. The Labute approximate surface area is 134 Å². The summed E-state index contributed by atoms with van der Waals surface area (Å²) in [5.74, 6) is 1.28. The van der Waals surface area contributed by atoms with Crippen molar-refractivity contribution in [2.75, 3.05) is 13.2 Å². The predicted molar refractivity (Wildman–Crippen MR) is 85.0 cm³/mol. The Kier molecular flexibility index (Phi) is 4.63. The van der Waals surface area contributed by atoms with E-state index in [1.165, 1.54) is 16.9 Å². The van der Waals surface area contributed by atoms with Gasteiger partial charge in [-0.2, -0.15) is 0 Å².